The second-order valence-corrected chi connectivity index (χ2v) is 3.99. The first-order chi connectivity index (χ1) is 7.79. The summed E-state index contributed by atoms with van der Waals surface area (Å²) in [7, 11) is 0. The van der Waals surface area contributed by atoms with E-state index in [9.17, 15) is 5.11 Å². The van der Waals surface area contributed by atoms with Crippen molar-refractivity contribution in [2.45, 2.75) is 19.4 Å². The van der Waals surface area contributed by atoms with Crippen LogP contribution >= 0.6 is 0 Å². The zero-order chi connectivity index (χ0) is 11.4. The topological polar surface area (TPSA) is 20.2 Å². The predicted molar refractivity (Wildman–Crippen MR) is 67.1 cm³/mol. The molecule has 1 nitrogen and oxygen atoms in total. The van der Waals surface area contributed by atoms with E-state index >= 15 is 0 Å². The minimum Gasteiger partial charge on any atom is -0.384 e. The Labute approximate surface area is 96.4 Å². The number of aryl methyl sites for hydroxylation is 1. The number of allylic oxidation sites excluding steroid dienone is 4. The van der Waals surface area contributed by atoms with Crippen LogP contribution in [0, 0.1) is 6.92 Å². The second kappa shape index (κ2) is 4.95. The number of rotatable bonds is 2. The van der Waals surface area contributed by atoms with E-state index in [1.807, 2.05) is 49.4 Å². The first kappa shape index (κ1) is 10.9. The molecule has 1 atom stereocenters. The molecule has 82 valence electrons. The lowest BCUT2D eigenvalue weighted by molar-refractivity contribution is 0.218. The smallest absolute Gasteiger partial charge is 0.104 e. The normalized spacial score (nSPS) is 16.8. The van der Waals surface area contributed by atoms with Crippen molar-refractivity contribution < 1.29 is 5.11 Å². The molecule has 1 unspecified atom stereocenters. The largest absolute Gasteiger partial charge is 0.384 e. The highest BCUT2D eigenvalue weighted by molar-refractivity contribution is 5.38. The van der Waals surface area contributed by atoms with Gasteiger partial charge >= 0.3 is 0 Å². The molecule has 0 saturated heterocycles. The molecule has 1 N–H and O–H groups in total. The second-order valence-electron chi connectivity index (χ2n) is 3.99. The van der Waals surface area contributed by atoms with Gasteiger partial charge in [-0.25, -0.2) is 0 Å². The average Bonchev–Trinajstić information content (AvgIpc) is 2.57. The van der Waals surface area contributed by atoms with Gasteiger partial charge in [0, 0.05) is 0 Å². The number of aliphatic hydroxyl groups excluding tert-OH is 1. The van der Waals surface area contributed by atoms with Crippen LogP contribution in [0.2, 0.25) is 0 Å². The summed E-state index contributed by atoms with van der Waals surface area (Å²) in [4.78, 5) is 0. The third-order valence-electron chi connectivity index (χ3n) is 2.82. The van der Waals surface area contributed by atoms with Gasteiger partial charge < -0.3 is 5.11 Å². The molecule has 2 rings (SSSR count). The van der Waals surface area contributed by atoms with E-state index in [-0.39, 0.29) is 0 Å². The van der Waals surface area contributed by atoms with E-state index < -0.39 is 6.10 Å². The van der Waals surface area contributed by atoms with Gasteiger partial charge in [-0.1, -0.05) is 54.6 Å². The maximum Gasteiger partial charge on any atom is 0.104 e. The van der Waals surface area contributed by atoms with Crippen molar-refractivity contribution in [2.24, 2.45) is 0 Å². The van der Waals surface area contributed by atoms with Crippen molar-refractivity contribution in [2.75, 3.05) is 0 Å². The Kier molecular flexibility index (Phi) is 3.37. The molecule has 0 radical (unpaired) electrons. The van der Waals surface area contributed by atoms with Gasteiger partial charge in [-0.05, 0) is 30.0 Å². The van der Waals surface area contributed by atoms with Gasteiger partial charge in [-0.2, -0.15) is 0 Å². The summed E-state index contributed by atoms with van der Waals surface area (Å²) >= 11 is 0. The standard InChI is InChI=1S/C15H16O/c1-12-8-6-7-11-14(12)15(16)13-9-4-2-3-5-10-13/h2-4,6-11,15-16H,5H2,1H3. The van der Waals surface area contributed by atoms with Gasteiger partial charge in [0.15, 0.2) is 0 Å². The van der Waals surface area contributed by atoms with Gasteiger partial charge in [-0.15, -0.1) is 0 Å². The molecule has 1 aliphatic rings. The van der Waals surface area contributed by atoms with Crippen LogP contribution in [0.3, 0.4) is 0 Å². The lowest BCUT2D eigenvalue weighted by Gasteiger charge is -2.14. The van der Waals surface area contributed by atoms with Gasteiger partial charge in [0.05, 0.1) is 0 Å². The molecule has 16 heavy (non-hydrogen) atoms. The van der Waals surface area contributed by atoms with Gasteiger partial charge in [0.2, 0.25) is 0 Å². The molecule has 0 heterocycles. The summed E-state index contributed by atoms with van der Waals surface area (Å²) in [5, 5.41) is 10.3. The Hall–Kier alpha value is -1.60. The van der Waals surface area contributed by atoms with Gasteiger partial charge in [-0.3, -0.25) is 0 Å². The Morgan fingerprint density at radius 1 is 1.19 bits per heavy atom. The molecular formula is C15H16O. The summed E-state index contributed by atoms with van der Waals surface area (Å²) in [6.07, 6.45) is 10.5. The first-order valence-electron chi connectivity index (χ1n) is 5.56. The summed E-state index contributed by atoms with van der Waals surface area (Å²) in [5.74, 6) is 0. The molecule has 0 spiro atoms. The fourth-order valence-electron chi connectivity index (χ4n) is 1.87. The van der Waals surface area contributed by atoms with Crippen molar-refractivity contribution in [3.05, 3.63) is 71.3 Å². The molecular weight excluding hydrogens is 196 g/mol. The molecule has 0 saturated carbocycles. The SMILES string of the molecule is Cc1ccccc1C(O)C1=CCC=CC=C1. The average molecular weight is 212 g/mol. The van der Waals surface area contributed by atoms with E-state index in [1.165, 1.54) is 0 Å². The number of hydrogen-bond donors (Lipinski definition) is 1. The van der Waals surface area contributed by atoms with Crippen LogP contribution in [0.5, 0.6) is 0 Å². The van der Waals surface area contributed by atoms with Crippen molar-refractivity contribution in [1.82, 2.24) is 0 Å². The van der Waals surface area contributed by atoms with Crippen LogP contribution in [0.4, 0.5) is 0 Å². The fraction of sp³-hybridized carbons (Fsp3) is 0.200. The Bertz CT molecular complexity index is 452. The van der Waals surface area contributed by atoms with E-state index in [0.29, 0.717) is 0 Å². The van der Waals surface area contributed by atoms with E-state index in [2.05, 4.69) is 12.2 Å². The summed E-state index contributed by atoms with van der Waals surface area (Å²) in [6, 6.07) is 7.96. The molecule has 0 fully saturated rings. The van der Waals surface area contributed by atoms with Crippen molar-refractivity contribution in [3.63, 3.8) is 0 Å². The molecule has 1 aromatic rings. The molecule has 1 aromatic carbocycles. The molecule has 0 bridgehead atoms. The van der Waals surface area contributed by atoms with E-state index in [4.69, 9.17) is 0 Å². The van der Waals surface area contributed by atoms with Crippen molar-refractivity contribution in [3.8, 4) is 0 Å². The zero-order valence-corrected chi connectivity index (χ0v) is 9.43. The quantitative estimate of drug-likeness (QED) is 0.795. The number of hydrogen-bond acceptors (Lipinski definition) is 1. The van der Waals surface area contributed by atoms with Crippen LogP contribution in [-0.4, -0.2) is 5.11 Å². The van der Waals surface area contributed by atoms with Crippen LogP contribution in [0.25, 0.3) is 0 Å². The molecule has 1 aliphatic carbocycles. The van der Waals surface area contributed by atoms with Gasteiger partial charge in [0.1, 0.15) is 6.10 Å². The fourth-order valence-corrected chi connectivity index (χ4v) is 1.87. The maximum absolute atomic E-state index is 10.3. The number of aliphatic hydroxyl groups is 1. The minimum absolute atomic E-state index is 0.516. The van der Waals surface area contributed by atoms with Crippen molar-refractivity contribution >= 4 is 0 Å². The predicted octanol–water partition coefficient (Wildman–Crippen LogP) is 3.47. The van der Waals surface area contributed by atoms with E-state index in [0.717, 1.165) is 23.1 Å². The highest BCUT2D eigenvalue weighted by Crippen LogP contribution is 2.26. The maximum atomic E-state index is 10.3. The third kappa shape index (κ3) is 2.31. The Balaban J connectivity index is 2.29. The summed E-state index contributed by atoms with van der Waals surface area (Å²) in [5.41, 5.74) is 3.08. The molecule has 0 aliphatic heterocycles. The Morgan fingerprint density at radius 2 is 2.00 bits per heavy atom. The zero-order valence-electron chi connectivity index (χ0n) is 9.43. The molecule has 0 aromatic heterocycles. The lowest BCUT2D eigenvalue weighted by Crippen LogP contribution is -2.01. The summed E-state index contributed by atoms with van der Waals surface area (Å²) < 4.78 is 0. The minimum atomic E-state index is -0.516. The van der Waals surface area contributed by atoms with Crippen LogP contribution in [-0.2, 0) is 0 Å². The highest BCUT2D eigenvalue weighted by atomic mass is 16.3. The third-order valence-corrected chi connectivity index (χ3v) is 2.82. The summed E-state index contributed by atoms with van der Waals surface area (Å²) in [6.45, 7) is 2.03. The highest BCUT2D eigenvalue weighted by Gasteiger charge is 2.12. The van der Waals surface area contributed by atoms with E-state index in [1.54, 1.807) is 0 Å². The Morgan fingerprint density at radius 3 is 2.81 bits per heavy atom. The molecule has 1 heteroatoms. The van der Waals surface area contributed by atoms with Crippen LogP contribution in [0.15, 0.2) is 60.2 Å². The molecule has 0 amide bonds. The van der Waals surface area contributed by atoms with Crippen LogP contribution in [0.1, 0.15) is 23.7 Å². The lowest BCUT2D eigenvalue weighted by atomic mass is 9.97. The number of benzene rings is 1. The monoisotopic (exact) mass is 212 g/mol. The van der Waals surface area contributed by atoms with Crippen molar-refractivity contribution in [1.29, 1.82) is 0 Å². The first-order valence-corrected chi connectivity index (χ1v) is 5.56. The van der Waals surface area contributed by atoms with Crippen LogP contribution < -0.4 is 0 Å². The van der Waals surface area contributed by atoms with Gasteiger partial charge in [0.25, 0.3) is 0 Å².